The molecule has 2 heterocycles. The van der Waals surface area contributed by atoms with Gasteiger partial charge in [-0.15, -0.1) is 12.4 Å². The fraction of sp³-hybridized carbons (Fsp3) is 0.650. The van der Waals surface area contributed by atoms with E-state index in [1.54, 1.807) is 0 Å². The lowest BCUT2D eigenvalue weighted by molar-refractivity contribution is -0.117. The number of piperidine rings is 1. The standard InChI is InChI=1S/C20H28N2O2.ClH/c23-20(13-14-11-15-9-10-16(12-14)21-15)22-18-7-3-4-8-19(18)24-17-5-1-2-6-17;/h3-4,7-8,14-17,21H,1-2,5-6,9-13H2,(H,22,23);1H. The molecule has 1 aliphatic carbocycles. The quantitative estimate of drug-likeness (QED) is 0.819. The van der Waals surface area contributed by atoms with Crippen LogP contribution in [0.25, 0.3) is 0 Å². The Labute approximate surface area is 156 Å². The Morgan fingerprint density at radius 1 is 1.08 bits per heavy atom. The minimum Gasteiger partial charge on any atom is -0.488 e. The van der Waals surface area contributed by atoms with Crippen LogP contribution >= 0.6 is 12.4 Å². The Hall–Kier alpha value is -1.26. The van der Waals surface area contributed by atoms with E-state index < -0.39 is 0 Å². The van der Waals surface area contributed by atoms with Crippen molar-refractivity contribution in [3.63, 3.8) is 0 Å². The van der Waals surface area contributed by atoms with Gasteiger partial charge in [-0.3, -0.25) is 4.79 Å². The van der Waals surface area contributed by atoms with Gasteiger partial charge in [0.25, 0.3) is 0 Å². The molecule has 25 heavy (non-hydrogen) atoms. The highest BCUT2D eigenvalue weighted by atomic mass is 35.5. The van der Waals surface area contributed by atoms with Crippen LogP contribution in [-0.2, 0) is 4.79 Å². The molecule has 0 spiro atoms. The molecule has 5 heteroatoms. The van der Waals surface area contributed by atoms with Crippen molar-refractivity contribution >= 4 is 24.0 Å². The number of para-hydroxylation sites is 2. The van der Waals surface area contributed by atoms with Gasteiger partial charge in [-0.2, -0.15) is 0 Å². The molecule has 2 N–H and O–H groups in total. The third-order valence-electron chi connectivity index (χ3n) is 5.80. The van der Waals surface area contributed by atoms with Crippen LogP contribution in [-0.4, -0.2) is 24.1 Å². The number of carbonyl (C=O) groups is 1. The molecular formula is C20H29ClN2O2. The van der Waals surface area contributed by atoms with Crippen molar-refractivity contribution in [2.75, 3.05) is 5.32 Å². The van der Waals surface area contributed by atoms with Crippen LogP contribution in [0.4, 0.5) is 5.69 Å². The largest absolute Gasteiger partial charge is 0.488 e. The molecule has 2 aliphatic heterocycles. The number of benzene rings is 1. The summed E-state index contributed by atoms with van der Waals surface area (Å²) >= 11 is 0. The molecule has 138 valence electrons. The first-order valence-corrected chi connectivity index (χ1v) is 9.58. The van der Waals surface area contributed by atoms with Crippen molar-refractivity contribution in [3.05, 3.63) is 24.3 Å². The van der Waals surface area contributed by atoms with Crippen LogP contribution in [0.15, 0.2) is 24.3 Å². The molecule has 0 radical (unpaired) electrons. The summed E-state index contributed by atoms with van der Waals surface area (Å²) in [6.07, 6.45) is 10.5. The summed E-state index contributed by atoms with van der Waals surface area (Å²) in [5, 5.41) is 6.74. The van der Waals surface area contributed by atoms with Crippen molar-refractivity contribution in [1.29, 1.82) is 0 Å². The van der Waals surface area contributed by atoms with Crippen LogP contribution in [0.2, 0.25) is 0 Å². The number of anilines is 1. The highest BCUT2D eigenvalue weighted by molar-refractivity contribution is 5.92. The van der Waals surface area contributed by atoms with Gasteiger partial charge in [-0.1, -0.05) is 12.1 Å². The second-order valence-electron chi connectivity index (χ2n) is 7.75. The number of hydrogen-bond acceptors (Lipinski definition) is 3. The van der Waals surface area contributed by atoms with E-state index in [4.69, 9.17) is 4.74 Å². The van der Waals surface area contributed by atoms with Gasteiger partial charge < -0.3 is 15.4 Å². The number of nitrogens with one attached hydrogen (secondary N) is 2. The molecule has 1 aromatic carbocycles. The maximum absolute atomic E-state index is 12.5. The fourth-order valence-corrected chi connectivity index (χ4v) is 4.66. The van der Waals surface area contributed by atoms with E-state index in [-0.39, 0.29) is 18.3 Å². The first-order valence-electron chi connectivity index (χ1n) is 9.58. The minimum absolute atomic E-state index is 0. The summed E-state index contributed by atoms with van der Waals surface area (Å²) in [5.41, 5.74) is 0.825. The molecule has 1 amide bonds. The molecule has 2 saturated heterocycles. The number of carbonyl (C=O) groups excluding carboxylic acids is 1. The number of fused-ring (bicyclic) bond motifs is 2. The Balaban J connectivity index is 0.00000182. The first kappa shape index (κ1) is 18.5. The van der Waals surface area contributed by atoms with Crippen LogP contribution in [0.1, 0.15) is 57.8 Å². The Kier molecular flexibility index (Phi) is 6.24. The third-order valence-corrected chi connectivity index (χ3v) is 5.80. The number of ether oxygens (including phenoxy) is 1. The summed E-state index contributed by atoms with van der Waals surface area (Å²) in [6.45, 7) is 0. The van der Waals surface area contributed by atoms with Gasteiger partial charge in [0.2, 0.25) is 5.91 Å². The lowest BCUT2D eigenvalue weighted by atomic mass is 9.89. The first-order chi connectivity index (χ1) is 11.8. The fourth-order valence-electron chi connectivity index (χ4n) is 4.66. The molecule has 2 unspecified atom stereocenters. The molecule has 2 bridgehead atoms. The number of halogens is 1. The van der Waals surface area contributed by atoms with E-state index in [0.717, 1.165) is 37.1 Å². The smallest absolute Gasteiger partial charge is 0.224 e. The van der Waals surface area contributed by atoms with Crippen molar-refractivity contribution in [2.45, 2.75) is 76.0 Å². The maximum Gasteiger partial charge on any atom is 0.224 e. The average Bonchev–Trinajstić information content (AvgIpc) is 3.19. The van der Waals surface area contributed by atoms with Gasteiger partial charge in [-0.25, -0.2) is 0 Å². The summed E-state index contributed by atoms with van der Waals surface area (Å²) in [4.78, 5) is 12.5. The van der Waals surface area contributed by atoms with Gasteiger partial charge in [0, 0.05) is 18.5 Å². The lowest BCUT2D eigenvalue weighted by Crippen LogP contribution is -2.39. The van der Waals surface area contributed by atoms with Crippen LogP contribution < -0.4 is 15.4 Å². The molecule has 4 nitrogen and oxygen atoms in total. The highest BCUT2D eigenvalue weighted by Gasteiger charge is 2.34. The van der Waals surface area contributed by atoms with E-state index in [9.17, 15) is 4.79 Å². The summed E-state index contributed by atoms with van der Waals surface area (Å²) in [7, 11) is 0. The van der Waals surface area contributed by atoms with Crippen molar-refractivity contribution in [3.8, 4) is 5.75 Å². The van der Waals surface area contributed by atoms with E-state index in [1.165, 1.54) is 25.7 Å². The Morgan fingerprint density at radius 2 is 1.76 bits per heavy atom. The molecule has 1 aromatic rings. The monoisotopic (exact) mass is 364 g/mol. The predicted octanol–water partition coefficient (Wildman–Crippen LogP) is 4.29. The summed E-state index contributed by atoms with van der Waals surface area (Å²) < 4.78 is 6.12. The Bertz CT molecular complexity index is 577. The second kappa shape index (κ2) is 8.41. The summed E-state index contributed by atoms with van der Waals surface area (Å²) in [6, 6.07) is 9.14. The van der Waals surface area contributed by atoms with Crippen molar-refractivity contribution in [1.82, 2.24) is 5.32 Å². The molecule has 4 rings (SSSR count). The molecule has 3 aliphatic rings. The topological polar surface area (TPSA) is 50.4 Å². The van der Waals surface area contributed by atoms with E-state index in [1.807, 2.05) is 24.3 Å². The van der Waals surface area contributed by atoms with Crippen molar-refractivity contribution < 1.29 is 9.53 Å². The van der Waals surface area contributed by atoms with Gasteiger partial charge >= 0.3 is 0 Å². The lowest BCUT2D eigenvalue weighted by Gasteiger charge is -2.28. The zero-order chi connectivity index (χ0) is 16.4. The normalized spacial score (nSPS) is 28.4. The molecule has 0 aromatic heterocycles. The average molecular weight is 365 g/mol. The zero-order valence-corrected chi connectivity index (χ0v) is 15.5. The van der Waals surface area contributed by atoms with Gasteiger partial charge in [0.05, 0.1) is 11.8 Å². The second-order valence-corrected chi connectivity index (χ2v) is 7.75. The van der Waals surface area contributed by atoms with Gasteiger partial charge in [-0.05, 0) is 69.4 Å². The molecular weight excluding hydrogens is 336 g/mol. The Morgan fingerprint density at radius 3 is 2.48 bits per heavy atom. The number of rotatable bonds is 5. The summed E-state index contributed by atoms with van der Waals surface area (Å²) in [5.74, 6) is 1.47. The SMILES string of the molecule is Cl.O=C(CC1CC2CCC(C1)N2)Nc1ccccc1OC1CCCC1. The van der Waals surface area contributed by atoms with Crippen molar-refractivity contribution in [2.24, 2.45) is 5.92 Å². The maximum atomic E-state index is 12.5. The third kappa shape index (κ3) is 4.68. The number of hydrogen-bond donors (Lipinski definition) is 2. The highest BCUT2D eigenvalue weighted by Crippen LogP contribution is 2.34. The zero-order valence-electron chi connectivity index (χ0n) is 14.7. The van der Waals surface area contributed by atoms with Gasteiger partial charge in [0.15, 0.2) is 0 Å². The molecule has 3 fully saturated rings. The van der Waals surface area contributed by atoms with E-state index in [0.29, 0.717) is 30.5 Å². The van der Waals surface area contributed by atoms with E-state index in [2.05, 4.69) is 10.6 Å². The van der Waals surface area contributed by atoms with Crippen LogP contribution in [0, 0.1) is 5.92 Å². The predicted molar refractivity (Wildman–Crippen MR) is 102 cm³/mol. The van der Waals surface area contributed by atoms with E-state index >= 15 is 0 Å². The molecule has 2 atom stereocenters. The number of amides is 1. The van der Waals surface area contributed by atoms with Crippen LogP contribution in [0.3, 0.4) is 0 Å². The molecule has 1 saturated carbocycles. The van der Waals surface area contributed by atoms with Crippen LogP contribution in [0.5, 0.6) is 5.75 Å². The minimum atomic E-state index is 0. The van der Waals surface area contributed by atoms with Gasteiger partial charge in [0.1, 0.15) is 5.75 Å².